The first-order valence-corrected chi connectivity index (χ1v) is 10.3. The molecule has 1 aliphatic rings. The number of aryl methyl sites for hydroxylation is 2. The zero-order chi connectivity index (χ0) is 19.8. The molecular weight excluding hydrogens is 475 g/mol. The Labute approximate surface area is 191 Å². The molecule has 6 nitrogen and oxygen atoms in total. The number of pyridine rings is 2. The SMILES string of the molecule is CCNC(=NCCc1ccc(C)nc1)NC1CCN(c2ccc(C)cn2)CC1.I. The number of nitrogens with zero attached hydrogens (tertiary/aromatic N) is 4. The Morgan fingerprint density at radius 2 is 1.90 bits per heavy atom. The highest BCUT2D eigenvalue weighted by Crippen LogP contribution is 2.18. The number of nitrogens with one attached hydrogen (secondary N) is 2. The quantitative estimate of drug-likeness (QED) is 0.356. The highest BCUT2D eigenvalue weighted by atomic mass is 127. The second kappa shape index (κ2) is 11.9. The number of aliphatic imine (C=N–C) groups is 1. The molecule has 0 radical (unpaired) electrons. The average Bonchev–Trinajstić information content (AvgIpc) is 2.71. The summed E-state index contributed by atoms with van der Waals surface area (Å²) in [5, 5.41) is 6.98. The first kappa shape index (κ1) is 23.4. The van der Waals surface area contributed by atoms with Gasteiger partial charge in [0, 0.05) is 50.3 Å². The zero-order valence-corrected chi connectivity index (χ0v) is 20.0. The monoisotopic (exact) mass is 508 g/mol. The summed E-state index contributed by atoms with van der Waals surface area (Å²) in [5.74, 6) is 1.99. The third-order valence-electron chi connectivity index (χ3n) is 5.04. The minimum atomic E-state index is 0. The van der Waals surface area contributed by atoms with Crippen LogP contribution in [-0.4, -0.2) is 48.1 Å². The number of rotatable bonds is 6. The van der Waals surface area contributed by atoms with E-state index in [-0.39, 0.29) is 24.0 Å². The van der Waals surface area contributed by atoms with E-state index in [0.29, 0.717) is 6.04 Å². The third-order valence-corrected chi connectivity index (χ3v) is 5.04. The lowest BCUT2D eigenvalue weighted by atomic mass is 10.1. The maximum absolute atomic E-state index is 4.75. The number of aromatic nitrogens is 2. The lowest BCUT2D eigenvalue weighted by Crippen LogP contribution is -2.49. The van der Waals surface area contributed by atoms with Crippen LogP contribution in [-0.2, 0) is 6.42 Å². The minimum Gasteiger partial charge on any atom is -0.357 e. The van der Waals surface area contributed by atoms with Crippen LogP contribution in [0.15, 0.2) is 41.7 Å². The molecule has 2 N–H and O–H groups in total. The fourth-order valence-electron chi connectivity index (χ4n) is 3.36. The predicted octanol–water partition coefficient (Wildman–Crippen LogP) is 3.48. The second-order valence-electron chi connectivity index (χ2n) is 7.42. The standard InChI is InChI=1S/C22H32N6.HI/c1-4-23-22(24-12-9-19-7-6-18(3)25-16-19)27-20-10-13-28(14-11-20)21-8-5-17(2)15-26-21;/h5-8,15-16,20H,4,9-14H2,1-3H3,(H2,23,24,27);1H. The molecule has 1 fully saturated rings. The van der Waals surface area contributed by atoms with Gasteiger partial charge in [0.25, 0.3) is 0 Å². The summed E-state index contributed by atoms with van der Waals surface area (Å²) >= 11 is 0. The van der Waals surface area contributed by atoms with Crippen LogP contribution in [0.1, 0.15) is 36.6 Å². The van der Waals surface area contributed by atoms with Gasteiger partial charge in [-0.1, -0.05) is 12.1 Å². The van der Waals surface area contributed by atoms with Gasteiger partial charge >= 0.3 is 0 Å². The van der Waals surface area contributed by atoms with E-state index in [2.05, 4.69) is 63.6 Å². The molecule has 0 atom stereocenters. The van der Waals surface area contributed by atoms with Gasteiger partial charge in [0.05, 0.1) is 0 Å². The van der Waals surface area contributed by atoms with Gasteiger partial charge in [0.2, 0.25) is 0 Å². The second-order valence-corrected chi connectivity index (χ2v) is 7.42. The van der Waals surface area contributed by atoms with Gasteiger partial charge in [-0.2, -0.15) is 0 Å². The van der Waals surface area contributed by atoms with Crippen molar-refractivity contribution in [3.63, 3.8) is 0 Å². The highest BCUT2D eigenvalue weighted by molar-refractivity contribution is 14.0. The molecule has 0 amide bonds. The van der Waals surface area contributed by atoms with Gasteiger partial charge in [-0.3, -0.25) is 9.98 Å². The van der Waals surface area contributed by atoms with E-state index in [1.165, 1.54) is 11.1 Å². The summed E-state index contributed by atoms with van der Waals surface area (Å²) in [6, 6.07) is 8.88. The Morgan fingerprint density at radius 1 is 1.10 bits per heavy atom. The molecule has 0 bridgehead atoms. The van der Waals surface area contributed by atoms with Crippen molar-refractivity contribution in [3.05, 3.63) is 53.5 Å². The van der Waals surface area contributed by atoms with Crippen LogP contribution in [0.4, 0.5) is 5.82 Å². The Morgan fingerprint density at radius 3 is 2.52 bits per heavy atom. The zero-order valence-electron chi connectivity index (χ0n) is 17.7. The molecule has 0 spiro atoms. The smallest absolute Gasteiger partial charge is 0.191 e. The molecule has 0 unspecified atom stereocenters. The molecule has 2 aromatic heterocycles. The van der Waals surface area contributed by atoms with Crippen molar-refractivity contribution in [2.75, 3.05) is 31.1 Å². The third kappa shape index (κ3) is 7.45. The largest absolute Gasteiger partial charge is 0.357 e. The van der Waals surface area contributed by atoms with Crippen LogP contribution in [0.2, 0.25) is 0 Å². The van der Waals surface area contributed by atoms with Crippen LogP contribution >= 0.6 is 24.0 Å². The van der Waals surface area contributed by atoms with Crippen molar-refractivity contribution in [3.8, 4) is 0 Å². The molecule has 0 aliphatic carbocycles. The number of halogens is 1. The van der Waals surface area contributed by atoms with Gasteiger partial charge in [0.15, 0.2) is 5.96 Å². The van der Waals surface area contributed by atoms with Crippen molar-refractivity contribution in [1.82, 2.24) is 20.6 Å². The van der Waals surface area contributed by atoms with E-state index in [0.717, 1.165) is 62.9 Å². The summed E-state index contributed by atoms with van der Waals surface area (Å²) in [6.07, 6.45) is 6.96. The molecule has 29 heavy (non-hydrogen) atoms. The number of guanidine groups is 1. The number of piperidine rings is 1. The van der Waals surface area contributed by atoms with Crippen LogP contribution in [0, 0.1) is 13.8 Å². The van der Waals surface area contributed by atoms with E-state index >= 15 is 0 Å². The van der Waals surface area contributed by atoms with Gasteiger partial charge in [-0.25, -0.2) is 4.98 Å². The average molecular weight is 508 g/mol. The Bertz CT molecular complexity index is 752. The van der Waals surface area contributed by atoms with Crippen molar-refractivity contribution >= 4 is 35.8 Å². The molecule has 2 aromatic rings. The number of hydrogen-bond acceptors (Lipinski definition) is 4. The summed E-state index contributed by atoms with van der Waals surface area (Å²) in [7, 11) is 0. The summed E-state index contributed by atoms with van der Waals surface area (Å²) < 4.78 is 0. The fraction of sp³-hybridized carbons (Fsp3) is 0.500. The number of anilines is 1. The molecule has 158 valence electrons. The van der Waals surface area contributed by atoms with Crippen molar-refractivity contribution in [1.29, 1.82) is 0 Å². The molecular formula is C22H33IN6. The van der Waals surface area contributed by atoms with Crippen LogP contribution < -0.4 is 15.5 Å². The first-order valence-electron chi connectivity index (χ1n) is 10.3. The van der Waals surface area contributed by atoms with Crippen LogP contribution in [0.5, 0.6) is 0 Å². The molecule has 3 heterocycles. The Balaban J connectivity index is 0.00000300. The molecule has 1 aliphatic heterocycles. The topological polar surface area (TPSA) is 65.4 Å². The van der Waals surface area contributed by atoms with Crippen LogP contribution in [0.3, 0.4) is 0 Å². The van der Waals surface area contributed by atoms with E-state index in [9.17, 15) is 0 Å². The highest BCUT2D eigenvalue weighted by Gasteiger charge is 2.20. The van der Waals surface area contributed by atoms with E-state index < -0.39 is 0 Å². The summed E-state index contributed by atoms with van der Waals surface area (Å²) in [4.78, 5) is 16.0. The van der Waals surface area contributed by atoms with Crippen molar-refractivity contribution in [2.45, 2.75) is 46.1 Å². The summed E-state index contributed by atoms with van der Waals surface area (Å²) in [5.41, 5.74) is 3.48. The van der Waals surface area contributed by atoms with E-state index in [4.69, 9.17) is 4.99 Å². The molecule has 3 rings (SSSR count). The first-order chi connectivity index (χ1) is 13.6. The van der Waals surface area contributed by atoms with Gasteiger partial charge in [-0.15, -0.1) is 24.0 Å². The van der Waals surface area contributed by atoms with Crippen molar-refractivity contribution in [2.24, 2.45) is 4.99 Å². The van der Waals surface area contributed by atoms with Gasteiger partial charge in [-0.05, 0) is 63.3 Å². The maximum Gasteiger partial charge on any atom is 0.191 e. The van der Waals surface area contributed by atoms with Gasteiger partial charge < -0.3 is 15.5 Å². The number of hydrogen-bond donors (Lipinski definition) is 2. The Hall–Kier alpha value is -1.90. The lowest BCUT2D eigenvalue weighted by molar-refractivity contribution is 0.459. The molecule has 0 aromatic carbocycles. The van der Waals surface area contributed by atoms with Crippen molar-refractivity contribution < 1.29 is 0 Å². The van der Waals surface area contributed by atoms with Crippen LogP contribution in [0.25, 0.3) is 0 Å². The Kier molecular flexibility index (Phi) is 9.63. The van der Waals surface area contributed by atoms with Gasteiger partial charge in [0.1, 0.15) is 5.82 Å². The molecule has 7 heteroatoms. The normalized spacial score (nSPS) is 15.0. The van der Waals surface area contributed by atoms with E-state index in [1.807, 2.05) is 19.3 Å². The predicted molar refractivity (Wildman–Crippen MR) is 131 cm³/mol. The molecule has 1 saturated heterocycles. The fourth-order valence-corrected chi connectivity index (χ4v) is 3.36. The molecule has 0 saturated carbocycles. The lowest BCUT2D eigenvalue weighted by Gasteiger charge is -2.33. The van der Waals surface area contributed by atoms with E-state index in [1.54, 1.807) is 0 Å². The minimum absolute atomic E-state index is 0. The maximum atomic E-state index is 4.75. The summed E-state index contributed by atoms with van der Waals surface area (Å²) in [6.45, 7) is 9.84.